The summed E-state index contributed by atoms with van der Waals surface area (Å²) >= 11 is 0. The maximum atomic E-state index is 12.8. The molecule has 0 radical (unpaired) electrons. The summed E-state index contributed by atoms with van der Waals surface area (Å²) in [6.07, 6.45) is 1.39. The molecule has 0 aliphatic heterocycles. The van der Waals surface area contributed by atoms with Crippen LogP contribution < -0.4 is 0 Å². The summed E-state index contributed by atoms with van der Waals surface area (Å²) < 4.78 is 25.5. The van der Waals surface area contributed by atoms with Crippen LogP contribution in [0.4, 0.5) is 8.78 Å². The van der Waals surface area contributed by atoms with Crippen LogP contribution in [0.25, 0.3) is 0 Å². The van der Waals surface area contributed by atoms with Gasteiger partial charge in [-0.2, -0.15) is 0 Å². The van der Waals surface area contributed by atoms with E-state index in [1.54, 1.807) is 0 Å². The van der Waals surface area contributed by atoms with E-state index in [4.69, 9.17) is 0 Å². The second kappa shape index (κ2) is 4.11. The average Bonchev–Trinajstić information content (AvgIpc) is 2.14. The molecule has 0 spiro atoms. The van der Waals surface area contributed by atoms with E-state index < -0.39 is 5.92 Å². The number of halogens is 2. The Kier molecular flexibility index (Phi) is 3.10. The summed E-state index contributed by atoms with van der Waals surface area (Å²) in [5.41, 5.74) is 0.665. The molecular formula is C10H9F2NO. The normalized spacial score (nSPS) is 10.8. The fourth-order valence-electron chi connectivity index (χ4n) is 1.03. The van der Waals surface area contributed by atoms with Crippen LogP contribution in [-0.4, -0.2) is 6.08 Å². The van der Waals surface area contributed by atoms with Gasteiger partial charge in [0.15, 0.2) is 0 Å². The van der Waals surface area contributed by atoms with Gasteiger partial charge in [-0.25, -0.2) is 18.6 Å². The lowest BCUT2D eigenvalue weighted by molar-refractivity contribution is 0.0174. The second-order valence-electron chi connectivity index (χ2n) is 2.99. The number of carbonyl (C=O) groups excluding carboxylic acids is 1. The summed E-state index contributed by atoms with van der Waals surface area (Å²) in [6.45, 7) is 1.02. The van der Waals surface area contributed by atoms with Crippen molar-refractivity contribution in [3.63, 3.8) is 0 Å². The second-order valence-corrected chi connectivity index (χ2v) is 2.99. The molecule has 4 heteroatoms. The maximum Gasteiger partial charge on any atom is 0.270 e. The molecule has 0 aromatic heterocycles. The van der Waals surface area contributed by atoms with Gasteiger partial charge in [0.1, 0.15) is 0 Å². The van der Waals surface area contributed by atoms with Crippen LogP contribution in [0, 0.1) is 0 Å². The third-order valence-corrected chi connectivity index (χ3v) is 1.79. The van der Waals surface area contributed by atoms with Gasteiger partial charge in [0, 0.05) is 12.5 Å². The first-order chi connectivity index (χ1) is 6.54. The van der Waals surface area contributed by atoms with E-state index in [0.29, 0.717) is 5.56 Å². The first kappa shape index (κ1) is 10.5. The summed E-state index contributed by atoms with van der Waals surface area (Å²) in [4.78, 5) is 13.1. The SMILES string of the molecule is CC(F)(F)c1ccc(CN=C=O)cc1. The smallest absolute Gasteiger partial charge is 0.211 e. The predicted molar refractivity (Wildman–Crippen MR) is 47.8 cm³/mol. The van der Waals surface area contributed by atoms with Crippen molar-refractivity contribution in [2.45, 2.75) is 19.4 Å². The molecule has 0 atom stereocenters. The van der Waals surface area contributed by atoms with Crippen LogP contribution in [0.2, 0.25) is 0 Å². The van der Waals surface area contributed by atoms with Gasteiger partial charge in [0.2, 0.25) is 6.08 Å². The van der Waals surface area contributed by atoms with Gasteiger partial charge in [-0.3, -0.25) is 0 Å². The van der Waals surface area contributed by atoms with Crippen molar-refractivity contribution in [3.05, 3.63) is 35.4 Å². The molecule has 0 fully saturated rings. The summed E-state index contributed by atoms with van der Waals surface area (Å²) in [7, 11) is 0. The first-order valence-corrected chi connectivity index (χ1v) is 4.05. The van der Waals surface area contributed by atoms with E-state index >= 15 is 0 Å². The molecule has 0 aliphatic rings. The van der Waals surface area contributed by atoms with Gasteiger partial charge in [0.05, 0.1) is 6.54 Å². The Morgan fingerprint density at radius 2 is 1.93 bits per heavy atom. The Bertz CT molecular complexity index is 347. The molecule has 0 saturated carbocycles. The average molecular weight is 197 g/mol. The predicted octanol–water partition coefficient (Wildman–Crippen LogP) is 2.63. The standard InChI is InChI=1S/C10H9F2NO/c1-10(11,12)9-4-2-8(3-5-9)6-13-7-14/h2-5H,6H2,1H3. The lowest BCUT2D eigenvalue weighted by atomic mass is 10.1. The Balaban J connectivity index is 2.83. The highest BCUT2D eigenvalue weighted by Crippen LogP contribution is 2.26. The zero-order valence-electron chi connectivity index (χ0n) is 7.63. The number of aliphatic imine (C=N–C) groups is 1. The lowest BCUT2D eigenvalue weighted by Gasteiger charge is -2.10. The van der Waals surface area contributed by atoms with Gasteiger partial charge in [-0.05, 0) is 5.56 Å². The Labute approximate surface area is 80.3 Å². The number of benzene rings is 1. The molecule has 0 saturated heterocycles. The third kappa shape index (κ3) is 2.75. The van der Waals surface area contributed by atoms with Crippen molar-refractivity contribution in [2.75, 3.05) is 0 Å². The highest BCUT2D eigenvalue weighted by Gasteiger charge is 2.23. The van der Waals surface area contributed by atoms with Crippen molar-refractivity contribution >= 4 is 6.08 Å². The van der Waals surface area contributed by atoms with Crippen LogP contribution >= 0.6 is 0 Å². The first-order valence-electron chi connectivity index (χ1n) is 4.05. The molecule has 1 aromatic carbocycles. The van der Waals surface area contributed by atoms with Crippen LogP contribution in [0.3, 0.4) is 0 Å². The zero-order valence-corrected chi connectivity index (χ0v) is 7.63. The molecule has 0 N–H and O–H groups in total. The molecular weight excluding hydrogens is 188 g/mol. The zero-order chi connectivity index (χ0) is 10.6. The van der Waals surface area contributed by atoms with Crippen molar-refractivity contribution < 1.29 is 13.6 Å². The highest BCUT2D eigenvalue weighted by atomic mass is 19.3. The number of nitrogens with zero attached hydrogens (tertiary/aromatic N) is 1. The van der Waals surface area contributed by atoms with E-state index in [2.05, 4.69) is 4.99 Å². The van der Waals surface area contributed by atoms with Crippen LogP contribution in [0.15, 0.2) is 29.3 Å². The lowest BCUT2D eigenvalue weighted by Crippen LogP contribution is -2.06. The Hall–Kier alpha value is -1.54. The molecule has 0 aliphatic carbocycles. The molecule has 0 bridgehead atoms. The van der Waals surface area contributed by atoms with Crippen LogP contribution in [-0.2, 0) is 17.3 Å². The quantitative estimate of drug-likeness (QED) is 0.541. The summed E-state index contributed by atoms with van der Waals surface area (Å²) in [5, 5.41) is 0. The molecule has 14 heavy (non-hydrogen) atoms. The maximum absolute atomic E-state index is 12.8. The van der Waals surface area contributed by atoms with E-state index in [0.717, 1.165) is 6.92 Å². The summed E-state index contributed by atoms with van der Waals surface area (Å²) in [5.74, 6) is -2.83. The van der Waals surface area contributed by atoms with Crippen molar-refractivity contribution in [1.82, 2.24) is 0 Å². The van der Waals surface area contributed by atoms with E-state index in [1.165, 1.54) is 30.3 Å². The topological polar surface area (TPSA) is 29.4 Å². The fraction of sp³-hybridized carbons (Fsp3) is 0.300. The largest absolute Gasteiger partial charge is 0.270 e. The number of rotatable bonds is 3. The van der Waals surface area contributed by atoms with Crippen LogP contribution in [0.1, 0.15) is 18.1 Å². The van der Waals surface area contributed by atoms with Gasteiger partial charge >= 0.3 is 0 Å². The summed E-state index contributed by atoms with van der Waals surface area (Å²) in [6, 6.07) is 5.70. The third-order valence-electron chi connectivity index (χ3n) is 1.79. The fourth-order valence-corrected chi connectivity index (χ4v) is 1.03. The number of hydrogen-bond acceptors (Lipinski definition) is 2. The van der Waals surface area contributed by atoms with Gasteiger partial charge in [-0.1, -0.05) is 24.3 Å². The highest BCUT2D eigenvalue weighted by molar-refractivity contribution is 5.34. The Morgan fingerprint density at radius 1 is 1.36 bits per heavy atom. The van der Waals surface area contributed by atoms with Gasteiger partial charge in [0.25, 0.3) is 5.92 Å². The minimum atomic E-state index is -2.83. The van der Waals surface area contributed by atoms with Crippen molar-refractivity contribution in [1.29, 1.82) is 0 Å². The molecule has 1 rings (SSSR count). The number of hydrogen-bond donors (Lipinski definition) is 0. The van der Waals surface area contributed by atoms with E-state index in [9.17, 15) is 13.6 Å². The van der Waals surface area contributed by atoms with E-state index in [1.807, 2.05) is 0 Å². The monoisotopic (exact) mass is 197 g/mol. The molecule has 0 unspecified atom stereocenters. The van der Waals surface area contributed by atoms with Gasteiger partial charge < -0.3 is 0 Å². The minimum Gasteiger partial charge on any atom is -0.211 e. The van der Waals surface area contributed by atoms with Crippen LogP contribution in [0.5, 0.6) is 0 Å². The molecule has 1 aromatic rings. The molecule has 0 amide bonds. The van der Waals surface area contributed by atoms with Crippen molar-refractivity contribution in [3.8, 4) is 0 Å². The molecule has 0 heterocycles. The molecule has 2 nitrogen and oxygen atoms in total. The van der Waals surface area contributed by atoms with Crippen molar-refractivity contribution in [2.24, 2.45) is 4.99 Å². The number of isocyanates is 1. The van der Waals surface area contributed by atoms with E-state index in [-0.39, 0.29) is 12.1 Å². The Morgan fingerprint density at radius 3 is 2.36 bits per heavy atom. The van der Waals surface area contributed by atoms with Gasteiger partial charge in [-0.15, -0.1) is 0 Å². The number of alkyl halides is 2. The molecule has 74 valence electrons. The minimum absolute atomic E-state index is 0.0451.